The number of carboxylic acid groups (broad SMARTS) is 1. The van der Waals surface area contributed by atoms with E-state index in [1.807, 2.05) is 0 Å². The summed E-state index contributed by atoms with van der Waals surface area (Å²) in [5.74, 6) is 1.25. The maximum absolute atomic E-state index is 12.5. The second-order valence-corrected chi connectivity index (χ2v) is 9.11. The maximum atomic E-state index is 12.5. The number of ether oxygens (including phenoxy) is 2. The molecule has 0 spiro atoms. The molecule has 7 nitrogen and oxygen atoms in total. The van der Waals surface area contributed by atoms with Crippen molar-refractivity contribution in [2.75, 3.05) is 6.61 Å². The highest BCUT2D eigenvalue weighted by atomic mass is 16.5. The summed E-state index contributed by atoms with van der Waals surface area (Å²) >= 11 is 0. The number of rotatable bonds is 14. The van der Waals surface area contributed by atoms with Gasteiger partial charge in [0.2, 0.25) is 0 Å². The third-order valence-corrected chi connectivity index (χ3v) is 6.08. The number of carbonyl (C=O) groups excluding carboxylic acids is 2. The first kappa shape index (κ1) is 29.0. The topological polar surface area (TPSA) is 102 Å². The maximum Gasteiger partial charge on any atom is 0.343 e. The fourth-order valence-corrected chi connectivity index (χ4v) is 3.87. The lowest BCUT2D eigenvalue weighted by Gasteiger charge is -2.15. The Morgan fingerprint density at radius 1 is 0.897 bits per heavy atom. The quantitative estimate of drug-likeness (QED) is 0.121. The number of amides is 1. The molecule has 3 aromatic rings. The van der Waals surface area contributed by atoms with Crippen LogP contribution in [0.15, 0.2) is 72.8 Å². The van der Waals surface area contributed by atoms with Gasteiger partial charge in [-0.15, -0.1) is 6.42 Å². The van der Waals surface area contributed by atoms with Crippen LogP contribution < -0.4 is 14.8 Å². The van der Waals surface area contributed by atoms with Crippen LogP contribution in [0.5, 0.6) is 11.5 Å². The number of esters is 1. The highest BCUT2D eigenvalue weighted by molar-refractivity contribution is 5.97. The molecule has 0 radical (unpaired) electrons. The van der Waals surface area contributed by atoms with Crippen molar-refractivity contribution in [3.05, 3.63) is 95.1 Å². The fraction of sp³-hybridized carbons (Fsp3) is 0.281. The first-order chi connectivity index (χ1) is 18.9. The van der Waals surface area contributed by atoms with Gasteiger partial charge >= 0.3 is 11.9 Å². The molecule has 0 bridgehead atoms. The zero-order valence-corrected chi connectivity index (χ0v) is 22.0. The standard InChI is InChI=1S/C32H33NO6/c1-3-5-6-7-8-20-38-27-18-14-25(15-19-27)32(37)39-28-16-12-24(13-17-28)22-29(31(35)36)33-30(34)26-11-9-10-23(4-2)21-26/h2,9-19,21,29H,3,5-8,20,22H2,1H3,(H,33,34)(H,35,36)/t29-/m0/s1. The molecule has 0 aromatic heterocycles. The highest BCUT2D eigenvalue weighted by Crippen LogP contribution is 2.18. The van der Waals surface area contributed by atoms with Crippen molar-refractivity contribution in [1.82, 2.24) is 5.32 Å². The van der Waals surface area contributed by atoms with Gasteiger partial charge in [-0.3, -0.25) is 4.79 Å². The van der Waals surface area contributed by atoms with Gasteiger partial charge in [-0.1, -0.05) is 56.7 Å². The molecule has 39 heavy (non-hydrogen) atoms. The SMILES string of the molecule is C#Cc1cccc(C(=O)N[C@@H](Cc2ccc(OC(=O)c3ccc(OCCCCCCC)cc3)cc2)C(=O)O)c1. The van der Waals surface area contributed by atoms with E-state index in [1.54, 1.807) is 66.7 Å². The molecule has 3 aromatic carbocycles. The van der Waals surface area contributed by atoms with Crippen molar-refractivity contribution in [1.29, 1.82) is 0 Å². The molecule has 0 aliphatic heterocycles. The van der Waals surface area contributed by atoms with Crippen LogP contribution in [0.1, 0.15) is 70.9 Å². The van der Waals surface area contributed by atoms with Crippen molar-refractivity contribution in [3.8, 4) is 23.8 Å². The van der Waals surface area contributed by atoms with E-state index in [0.717, 1.165) is 12.8 Å². The smallest absolute Gasteiger partial charge is 0.343 e. The summed E-state index contributed by atoms with van der Waals surface area (Å²) in [5.41, 5.74) is 1.84. The number of carboxylic acids is 1. The van der Waals surface area contributed by atoms with Crippen LogP contribution in [0.25, 0.3) is 0 Å². The van der Waals surface area contributed by atoms with Gasteiger partial charge in [0.1, 0.15) is 17.5 Å². The molecular formula is C32H33NO6. The normalized spacial score (nSPS) is 11.2. The Morgan fingerprint density at radius 3 is 2.26 bits per heavy atom. The predicted octanol–water partition coefficient (Wildman–Crippen LogP) is 5.66. The Bertz CT molecular complexity index is 1290. The number of unbranched alkanes of at least 4 members (excludes halogenated alkanes) is 4. The molecule has 0 fully saturated rings. The molecule has 0 saturated carbocycles. The second kappa shape index (κ2) is 15.0. The zero-order chi connectivity index (χ0) is 28.0. The highest BCUT2D eigenvalue weighted by Gasteiger charge is 2.21. The summed E-state index contributed by atoms with van der Waals surface area (Å²) in [5, 5.41) is 12.1. The predicted molar refractivity (Wildman–Crippen MR) is 149 cm³/mol. The zero-order valence-electron chi connectivity index (χ0n) is 22.0. The fourth-order valence-electron chi connectivity index (χ4n) is 3.87. The Hall–Kier alpha value is -4.57. The van der Waals surface area contributed by atoms with Crippen molar-refractivity contribution in [3.63, 3.8) is 0 Å². The van der Waals surface area contributed by atoms with E-state index in [-0.39, 0.29) is 12.0 Å². The van der Waals surface area contributed by atoms with E-state index in [2.05, 4.69) is 18.2 Å². The van der Waals surface area contributed by atoms with Gasteiger partial charge < -0.3 is 19.9 Å². The molecular weight excluding hydrogens is 494 g/mol. The summed E-state index contributed by atoms with van der Waals surface area (Å²) in [4.78, 5) is 36.9. The van der Waals surface area contributed by atoms with Crippen LogP contribution in [-0.4, -0.2) is 35.6 Å². The lowest BCUT2D eigenvalue weighted by atomic mass is 10.0. The number of nitrogens with one attached hydrogen (secondary N) is 1. The summed E-state index contributed by atoms with van der Waals surface area (Å²) in [7, 11) is 0. The monoisotopic (exact) mass is 527 g/mol. The Kier molecular flexibility index (Phi) is 11.1. The number of terminal acetylenes is 1. The Morgan fingerprint density at radius 2 is 1.59 bits per heavy atom. The molecule has 0 aliphatic rings. The molecule has 0 saturated heterocycles. The number of hydrogen-bond acceptors (Lipinski definition) is 5. The van der Waals surface area contributed by atoms with Gasteiger partial charge in [-0.05, 0) is 66.6 Å². The first-order valence-electron chi connectivity index (χ1n) is 13.0. The molecule has 3 rings (SSSR count). The molecule has 1 amide bonds. The van der Waals surface area contributed by atoms with Gasteiger partial charge in [0.25, 0.3) is 5.91 Å². The van der Waals surface area contributed by atoms with Gasteiger partial charge in [0, 0.05) is 17.5 Å². The summed E-state index contributed by atoms with van der Waals surface area (Å²) < 4.78 is 11.2. The van der Waals surface area contributed by atoms with E-state index < -0.39 is 23.9 Å². The Balaban J connectivity index is 1.51. The van der Waals surface area contributed by atoms with Gasteiger partial charge in [0.15, 0.2) is 0 Å². The van der Waals surface area contributed by atoms with Crippen LogP contribution in [0.2, 0.25) is 0 Å². The summed E-state index contributed by atoms with van der Waals surface area (Å²) in [6.45, 7) is 2.83. The van der Waals surface area contributed by atoms with E-state index >= 15 is 0 Å². The second-order valence-electron chi connectivity index (χ2n) is 9.11. The van der Waals surface area contributed by atoms with E-state index in [9.17, 15) is 19.5 Å². The van der Waals surface area contributed by atoms with Crippen LogP contribution in [0.3, 0.4) is 0 Å². The number of carbonyl (C=O) groups is 3. The van der Waals surface area contributed by atoms with E-state index in [4.69, 9.17) is 15.9 Å². The Labute approximate surface area is 229 Å². The molecule has 0 heterocycles. The average molecular weight is 528 g/mol. The van der Waals surface area contributed by atoms with Crippen LogP contribution in [0.4, 0.5) is 0 Å². The molecule has 202 valence electrons. The van der Waals surface area contributed by atoms with Crippen molar-refractivity contribution < 1.29 is 29.0 Å². The van der Waals surface area contributed by atoms with Crippen molar-refractivity contribution >= 4 is 17.8 Å². The third kappa shape index (κ3) is 9.35. The molecule has 0 unspecified atom stereocenters. The molecule has 0 aliphatic carbocycles. The van der Waals surface area contributed by atoms with E-state index in [1.165, 1.54) is 25.3 Å². The van der Waals surface area contributed by atoms with Crippen LogP contribution >= 0.6 is 0 Å². The minimum absolute atomic E-state index is 0.0458. The minimum Gasteiger partial charge on any atom is -0.494 e. The van der Waals surface area contributed by atoms with Crippen molar-refractivity contribution in [2.45, 2.75) is 51.5 Å². The summed E-state index contributed by atoms with van der Waals surface area (Å²) in [6, 6.07) is 18.5. The van der Waals surface area contributed by atoms with Gasteiger partial charge in [-0.2, -0.15) is 0 Å². The summed E-state index contributed by atoms with van der Waals surface area (Å²) in [6.07, 6.45) is 11.2. The third-order valence-electron chi connectivity index (χ3n) is 6.08. The molecule has 2 N–H and O–H groups in total. The van der Waals surface area contributed by atoms with Crippen LogP contribution in [-0.2, 0) is 11.2 Å². The lowest BCUT2D eigenvalue weighted by molar-refractivity contribution is -0.139. The molecule has 1 atom stereocenters. The van der Waals surface area contributed by atoms with E-state index in [0.29, 0.717) is 34.8 Å². The first-order valence-corrected chi connectivity index (χ1v) is 13.0. The van der Waals surface area contributed by atoms with Gasteiger partial charge in [0.05, 0.1) is 12.2 Å². The van der Waals surface area contributed by atoms with Crippen molar-refractivity contribution in [2.24, 2.45) is 0 Å². The number of benzene rings is 3. The molecule has 7 heteroatoms. The lowest BCUT2D eigenvalue weighted by Crippen LogP contribution is -2.42. The average Bonchev–Trinajstić information content (AvgIpc) is 2.95. The largest absolute Gasteiger partial charge is 0.494 e. The number of hydrogen-bond donors (Lipinski definition) is 2. The van der Waals surface area contributed by atoms with Crippen LogP contribution in [0, 0.1) is 12.3 Å². The minimum atomic E-state index is -1.17. The van der Waals surface area contributed by atoms with Gasteiger partial charge in [-0.25, -0.2) is 9.59 Å². The number of aliphatic carboxylic acids is 1.